The lowest BCUT2D eigenvalue weighted by Gasteiger charge is -2.18. The third-order valence-corrected chi connectivity index (χ3v) is 7.09. The fourth-order valence-electron chi connectivity index (χ4n) is 3.47. The van der Waals surface area contributed by atoms with E-state index in [2.05, 4.69) is 30.8 Å². The lowest BCUT2D eigenvalue weighted by Crippen LogP contribution is -2.16. The highest BCUT2D eigenvalue weighted by molar-refractivity contribution is 7.68. The molecule has 0 fully saturated rings. The summed E-state index contributed by atoms with van der Waals surface area (Å²) in [6, 6.07) is 38.6. The van der Waals surface area contributed by atoms with Crippen molar-refractivity contribution in [1.82, 2.24) is 15.0 Å². The SMILES string of the molecule is C=Cc1ccc(-c2nc(OP(c3ccccc3)c3ccccc3)nc(-c3ccccc3)n2)cc1. The maximum absolute atomic E-state index is 6.54. The summed E-state index contributed by atoms with van der Waals surface area (Å²) in [6.45, 7) is 3.83. The third-order valence-electron chi connectivity index (χ3n) is 5.21. The fraction of sp³-hybridized carbons (Fsp3) is 0. The molecule has 1 aromatic heterocycles. The van der Waals surface area contributed by atoms with Gasteiger partial charge in [0.1, 0.15) is 0 Å². The van der Waals surface area contributed by atoms with Gasteiger partial charge in [-0.2, -0.15) is 9.97 Å². The van der Waals surface area contributed by atoms with Crippen LogP contribution in [-0.2, 0) is 0 Å². The highest BCUT2D eigenvalue weighted by Gasteiger charge is 2.20. The van der Waals surface area contributed by atoms with E-state index < -0.39 is 8.15 Å². The second-order valence-electron chi connectivity index (χ2n) is 7.51. The van der Waals surface area contributed by atoms with Gasteiger partial charge in [0.25, 0.3) is 0 Å². The van der Waals surface area contributed by atoms with E-state index in [1.54, 1.807) is 0 Å². The maximum atomic E-state index is 6.54. The molecule has 34 heavy (non-hydrogen) atoms. The van der Waals surface area contributed by atoms with Gasteiger partial charge in [0.05, 0.1) is 0 Å². The first-order chi connectivity index (χ1) is 16.8. The van der Waals surface area contributed by atoms with Crippen LogP contribution in [0.5, 0.6) is 6.01 Å². The smallest absolute Gasteiger partial charge is 0.323 e. The molecule has 5 rings (SSSR count). The summed E-state index contributed by atoms with van der Waals surface area (Å²) < 4.78 is 6.54. The summed E-state index contributed by atoms with van der Waals surface area (Å²) >= 11 is 0. The van der Waals surface area contributed by atoms with E-state index in [-0.39, 0.29) is 0 Å². The van der Waals surface area contributed by atoms with Crippen LogP contribution in [0.3, 0.4) is 0 Å². The Morgan fingerprint density at radius 3 is 1.53 bits per heavy atom. The second-order valence-corrected chi connectivity index (χ2v) is 9.32. The van der Waals surface area contributed by atoms with E-state index in [4.69, 9.17) is 19.5 Å². The Bertz CT molecular complexity index is 1340. The van der Waals surface area contributed by atoms with Crippen molar-refractivity contribution in [2.45, 2.75) is 0 Å². The van der Waals surface area contributed by atoms with Gasteiger partial charge in [-0.25, -0.2) is 4.98 Å². The zero-order valence-corrected chi connectivity index (χ0v) is 19.3. The zero-order chi connectivity index (χ0) is 23.2. The summed E-state index contributed by atoms with van der Waals surface area (Å²) in [5, 5.41) is 2.17. The van der Waals surface area contributed by atoms with E-state index in [0.29, 0.717) is 17.7 Å². The summed E-state index contributed by atoms with van der Waals surface area (Å²) in [6.07, 6.45) is 1.81. The number of hydrogen-bond donors (Lipinski definition) is 0. The molecule has 0 spiro atoms. The van der Waals surface area contributed by atoms with Gasteiger partial charge < -0.3 is 4.52 Å². The number of aromatic nitrogens is 3. The molecule has 0 amide bonds. The predicted molar refractivity (Wildman–Crippen MR) is 140 cm³/mol. The number of hydrogen-bond acceptors (Lipinski definition) is 4. The lowest BCUT2D eigenvalue weighted by atomic mass is 10.1. The van der Waals surface area contributed by atoms with Crippen LogP contribution in [0.25, 0.3) is 28.9 Å². The summed E-state index contributed by atoms with van der Waals surface area (Å²) in [5.74, 6) is 1.14. The molecule has 5 heteroatoms. The van der Waals surface area contributed by atoms with E-state index >= 15 is 0 Å². The molecule has 0 saturated heterocycles. The molecule has 0 unspecified atom stereocenters. The average Bonchev–Trinajstić information content (AvgIpc) is 2.93. The predicted octanol–water partition coefficient (Wildman–Crippen LogP) is 6.28. The van der Waals surface area contributed by atoms with E-state index in [0.717, 1.165) is 27.3 Å². The first-order valence-electron chi connectivity index (χ1n) is 10.9. The first-order valence-corrected chi connectivity index (χ1v) is 12.2. The van der Waals surface area contributed by atoms with E-state index in [1.165, 1.54) is 0 Å². The van der Waals surface area contributed by atoms with Crippen molar-refractivity contribution in [2.75, 3.05) is 0 Å². The quantitative estimate of drug-likeness (QED) is 0.269. The van der Waals surface area contributed by atoms with Gasteiger partial charge in [-0.1, -0.05) is 128 Å². The van der Waals surface area contributed by atoms with Crippen molar-refractivity contribution in [3.05, 3.63) is 127 Å². The first kappa shape index (κ1) is 21.7. The zero-order valence-electron chi connectivity index (χ0n) is 18.5. The molecular formula is C29H22N3OP. The summed E-state index contributed by atoms with van der Waals surface area (Å²) in [4.78, 5) is 14.2. The molecule has 0 aliphatic rings. The monoisotopic (exact) mass is 459 g/mol. The van der Waals surface area contributed by atoms with Crippen molar-refractivity contribution >= 4 is 24.8 Å². The Kier molecular flexibility index (Phi) is 6.51. The van der Waals surface area contributed by atoms with Gasteiger partial charge in [0.15, 0.2) is 19.8 Å². The van der Waals surface area contributed by atoms with E-state index in [1.807, 2.05) is 97.1 Å². The largest absolute Gasteiger partial charge is 0.433 e. The minimum atomic E-state index is -1.16. The standard InChI is InChI=1S/C29H22N3OP/c1-2-22-18-20-24(21-19-22)28-30-27(23-12-6-3-7-13-23)31-29(32-28)33-34(25-14-8-4-9-15-25)26-16-10-5-11-17-26/h2-21H,1H2. The Hall–Kier alpha value is -4.14. The van der Waals surface area contributed by atoms with Crippen molar-refractivity contribution in [3.63, 3.8) is 0 Å². The molecule has 5 aromatic rings. The van der Waals surface area contributed by atoms with Gasteiger partial charge in [0.2, 0.25) is 0 Å². The summed E-state index contributed by atoms with van der Waals surface area (Å²) in [7, 11) is -1.16. The minimum absolute atomic E-state index is 0.301. The highest BCUT2D eigenvalue weighted by Crippen LogP contribution is 2.36. The van der Waals surface area contributed by atoms with Crippen LogP contribution in [0.2, 0.25) is 0 Å². The Morgan fingerprint density at radius 2 is 1.03 bits per heavy atom. The molecule has 0 aliphatic heterocycles. The van der Waals surface area contributed by atoms with E-state index in [9.17, 15) is 0 Å². The van der Waals surface area contributed by atoms with Crippen molar-refractivity contribution in [3.8, 4) is 28.8 Å². The van der Waals surface area contributed by atoms with Crippen LogP contribution < -0.4 is 15.1 Å². The average molecular weight is 459 g/mol. The third kappa shape index (κ3) is 4.93. The summed E-state index contributed by atoms with van der Waals surface area (Å²) in [5.41, 5.74) is 2.83. The molecule has 0 bridgehead atoms. The molecule has 0 atom stereocenters. The van der Waals surface area contributed by atoms with Gasteiger partial charge in [-0.15, -0.1) is 0 Å². The Balaban J connectivity index is 1.61. The van der Waals surface area contributed by atoms with Crippen LogP contribution in [-0.4, -0.2) is 15.0 Å². The van der Waals surface area contributed by atoms with Gasteiger partial charge in [0, 0.05) is 21.7 Å². The number of rotatable bonds is 7. The molecule has 1 heterocycles. The maximum Gasteiger partial charge on any atom is 0.323 e. The molecular weight excluding hydrogens is 437 g/mol. The minimum Gasteiger partial charge on any atom is -0.433 e. The van der Waals surface area contributed by atoms with Crippen LogP contribution in [0.1, 0.15) is 5.56 Å². The van der Waals surface area contributed by atoms with Gasteiger partial charge >= 0.3 is 6.01 Å². The molecule has 0 N–H and O–H groups in total. The van der Waals surface area contributed by atoms with Gasteiger partial charge in [-0.05, 0) is 5.56 Å². The lowest BCUT2D eigenvalue weighted by molar-refractivity contribution is 0.568. The fourth-order valence-corrected chi connectivity index (χ4v) is 5.11. The second kappa shape index (κ2) is 10.2. The van der Waals surface area contributed by atoms with Crippen molar-refractivity contribution < 1.29 is 4.52 Å². The molecule has 0 radical (unpaired) electrons. The van der Waals surface area contributed by atoms with Crippen LogP contribution in [0.4, 0.5) is 0 Å². The highest BCUT2D eigenvalue weighted by atomic mass is 31.1. The Labute approximate surface area is 200 Å². The molecule has 4 nitrogen and oxygen atoms in total. The van der Waals surface area contributed by atoms with Crippen LogP contribution in [0, 0.1) is 0 Å². The van der Waals surface area contributed by atoms with Crippen molar-refractivity contribution in [1.29, 1.82) is 0 Å². The van der Waals surface area contributed by atoms with Crippen LogP contribution >= 0.6 is 8.15 Å². The normalized spacial score (nSPS) is 10.7. The molecule has 164 valence electrons. The molecule has 0 saturated carbocycles. The molecule has 0 aliphatic carbocycles. The van der Waals surface area contributed by atoms with Crippen molar-refractivity contribution in [2.24, 2.45) is 0 Å². The van der Waals surface area contributed by atoms with Crippen LogP contribution in [0.15, 0.2) is 122 Å². The number of nitrogens with zero attached hydrogens (tertiary/aromatic N) is 3. The van der Waals surface area contributed by atoms with Gasteiger partial charge in [-0.3, -0.25) is 0 Å². The number of benzene rings is 4. The Morgan fingerprint density at radius 1 is 0.559 bits per heavy atom. The topological polar surface area (TPSA) is 47.9 Å². The molecule has 4 aromatic carbocycles.